The smallest absolute Gasteiger partial charge is 0.352 e. The molecule has 0 unspecified atom stereocenters. The number of carboxylic acid groups (broad SMARTS) is 1. The summed E-state index contributed by atoms with van der Waals surface area (Å²) in [4.78, 5) is 14.9. The average Bonchev–Trinajstić information content (AvgIpc) is 3.05. The van der Waals surface area contributed by atoms with Gasteiger partial charge in [-0.05, 0) is 25.1 Å². The van der Waals surface area contributed by atoms with Crippen molar-refractivity contribution in [1.29, 1.82) is 0 Å². The number of nitrogens with one attached hydrogen (secondary N) is 2. The van der Waals surface area contributed by atoms with Gasteiger partial charge in [0.05, 0.1) is 27.9 Å². The molecule has 8 heteroatoms. The first-order valence-corrected chi connectivity index (χ1v) is 8.99. The number of H-pyrrole nitrogens is 1. The summed E-state index contributed by atoms with van der Waals surface area (Å²) in [5.74, 6) is 0.383. The summed E-state index contributed by atoms with van der Waals surface area (Å²) in [6.45, 7) is 3.49. The number of hydrogen-bond acceptors (Lipinski definition) is 6. The van der Waals surface area contributed by atoms with Crippen LogP contribution < -0.4 is 19.5 Å². The van der Waals surface area contributed by atoms with E-state index in [0.29, 0.717) is 34.9 Å². The molecule has 0 saturated carbocycles. The maximum atomic E-state index is 11.8. The van der Waals surface area contributed by atoms with Crippen molar-refractivity contribution in [3.63, 3.8) is 0 Å². The van der Waals surface area contributed by atoms with E-state index in [0.717, 1.165) is 24.2 Å². The van der Waals surface area contributed by atoms with Crippen molar-refractivity contribution in [3.8, 4) is 28.4 Å². The first-order valence-electron chi connectivity index (χ1n) is 8.99. The summed E-state index contributed by atoms with van der Waals surface area (Å²) in [5, 5.41) is 13.0. The lowest BCUT2D eigenvalue weighted by Gasteiger charge is -2.17. The van der Waals surface area contributed by atoms with E-state index in [-0.39, 0.29) is 12.3 Å². The second kappa shape index (κ2) is 10.0. The fraction of sp³-hybridized carbons (Fsp3) is 0.450. The minimum atomic E-state index is -1.05. The molecule has 3 N–H and O–H groups in total. The number of aromatic amines is 1. The van der Waals surface area contributed by atoms with Crippen LogP contribution in [0.25, 0.3) is 11.1 Å². The van der Waals surface area contributed by atoms with Crippen molar-refractivity contribution in [2.45, 2.75) is 26.5 Å². The maximum absolute atomic E-state index is 11.8. The summed E-state index contributed by atoms with van der Waals surface area (Å²) < 4.78 is 21.8. The van der Waals surface area contributed by atoms with Gasteiger partial charge >= 0.3 is 5.97 Å². The van der Waals surface area contributed by atoms with Gasteiger partial charge in [0, 0.05) is 36.0 Å². The van der Waals surface area contributed by atoms with Gasteiger partial charge in [-0.15, -0.1) is 0 Å². The molecule has 0 aliphatic heterocycles. The zero-order valence-corrected chi connectivity index (χ0v) is 17.0. The molecule has 8 nitrogen and oxygen atoms in total. The van der Waals surface area contributed by atoms with E-state index in [4.69, 9.17) is 18.9 Å². The number of rotatable bonds is 11. The van der Waals surface area contributed by atoms with Gasteiger partial charge in [0.1, 0.15) is 5.69 Å². The van der Waals surface area contributed by atoms with Gasteiger partial charge in [0.15, 0.2) is 11.5 Å². The topological polar surface area (TPSA) is 102 Å². The summed E-state index contributed by atoms with van der Waals surface area (Å²) >= 11 is 0. The maximum Gasteiger partial charge on any atom is 0.352 e. The van der Waals surface area contributed by atoms with Crippen LogP contribution in [0.2, 0.25) is 0 Å². The van der Waals surface area contributed by atoms with Crippen LogP contribution in [0.1, 0.15) is 35.1 Å². The van der Waals surface area contributed by atoms with Crippen LogP contribution in [-0.2, 0) is 17.9 Å². The summed E-state index contributed by atoms with van der Waals surface area (Å²) in [5.41, 5.74) is 2.81. The van der Waals surface area contributed by atoms with Gasteiger partial charge in [-0.3, -0.25) is 0 Å². The molecule has 0 fully saturated rings. The minimum Gasteiger partial charge on any atom is -0.493 e. The number of methoxy groups -OCH3 is 4. The molecule has 1 aromatic heterocycles. The molecule has 1 heterocycles. The Hall–Kier alpha value is -2.71. The van der Waals surface area contributed by atoms with Crippen molar-refractivity contribution in [3.05, 3.63) is 29.1 Å². The number of carboxylic acids is 1. The van der Waals surface area contributed by atoms with Crippen molar-refractivity contribution in [2.75, 3.05) is 35.0 Å². The minimum absolute atomic E-state index is 0.0991. The molecule has 0 atom stereocenters. The van der Waals surface area contributed by atoms with E-state index in [1.807, 2.05) is 6.07 Å². The highest BCUT2D eigenvalue weighted by molar-refractivity contribution is 5.93. The Morgan fingerprint density at radius 3 is 2.36 bits per heavy atom. The Morgan fingerprint density at radius 2 is 1.82 bits per heavy atom. The van der Waals surface area contributed by atoms with Gasteiger partial charge in [-0.25, -0.2) is 4.79 Å². The molecule has 0 spiro atoms. The third-order valence-corrected chi connectivity index (χ3v) is 4.39. The van der Waals surface area contributed by atoms with Gasteiger partial charge in [0.2, 0.25) is 5.75 Å². The highest BCUT2D eigenvalue weighted by Crippen LogP contribution is 2.46. The molecular weight excluding hydrogens is 364 g/mol. The van der Waals surface area contributed by atoms with Gasteiger partial charge in [-0.1, -0.05) is 6.92 Å². The molecule has 0 radical (unpaired) electrons. The second-order valence-electron chi connectivity index (χ2n) is 6.13. The number of carbonyl (C=O) groups is 1. The zero-order valence-electron chi connectivity index (χ0n) is 17.0. The van der Waals surface area contributed by atoms with Crippen LogP contribution in [0, 0.1) is 0 Å². The molecule has 2 aromatic rings. The van der Waals surface area contributed by atoms with Crippen LogP contribution in [0.5, 0.6) is 17.2 Å². The van der Waals surface area contributed by atoms with Crippen LogP contribution >= 0.6 is 0 Å². The SMILES string of the molecule is CCCNCc1[nH]c(C(=O)O)c(COC)c1-c1ccc(OC)c(OC)c1OC. The summed E-state index contributed by atoms with van der Waals surface area (Å²) in [6, 6.07) is 3.60. The van der Waals surface area contributed by atoms with E-state index < -0.39 is 5.97 Å². The number of ether oxygens (including phenoxy) is 4. The molecular formula is C20H28N2O6. The Bertz CT molecular complexity index is 816. The predicted molar refractivity (Wildman–Crippen MR) is 106 cm³/mol. The summed E-state index contributed by atoms with van der Waals surface area (Å²) in [7, 11) is 6.15. The third kappa shape index (κ3) is 4.23. The zero-order chi connectivity index (χ0) is 20.7. The van der Waals surface area contributed by atoms with Crippen molar-refractivity contribution >= 4 is 5.97 Å². The quantitative estimate of drug-likeness (QED) is 0.505. The average molecular weight is 392 g/mol. The number of aromatic nitrogens is 1. The Morgan fingerprint density at radius 1 is 1.11 bits per heavy atom. The van der Waals surface area contributed by atoms with E-state index in [1.54, 1.807) is 13.2 Å². The van der Waals surface area contributed by atoms with Gasteiger partial charge in [0.25, 0.3) is 0 Å². The predicted octanol–water partition coefficient (Wildman–Crippen LogP) is 3.05. The molecule has 154 valence electrons. The third-order valence-electron chi connectivity index (χ3n) is 4.39. The van der Waals surface area contributed by atoms with E-state index in [2.05, 4.69) is 17.2 Å². The fourth-order valence-corrected chi connectivity index (χ4v) is 3.21. The first kappa shape index (κ1) is 21.6. The molecule has 0 bridgehead atoms. The fourth-order valence-electron chi connectivity index (χ4n) is 3.21. The van der Waals surface area contributed by atoms with Crippen LogP contribution in [0.15, 0.2) is 12.1 Å². The second-order valence-corrected chi connectivity index (χ2v) is 6.13. The lowest BCUT2D eigenvalue weighted by atomic mass is 9.98. The molecule has 1 aromatic carbocycles. The number of aromatic carboxylic acids is 1. The molecule has 0 aliphatic rings. The first-order chi connectivity index (χ1) is 13.5. The van der Waals surface area contributed by atoms with Gasteiger partial charge in [-0.2, -0.15) is 0 Å². The van der Waals surface area contributed by atoms with Crippen LogP contribution in [-0.4, -0.2) is 51.0 Å². The van der Waals surface area contributed by atoms with Crippen molar-refractivity contribution in [1.82, 2.24) is 10.3 Å². The highest BCUT2D eigenvalue weighted by atomic mass is 16.5. The molecule has 0 aliphatic carbocycles. The number of benzene rings is 1. The Balaban J connectivity index is 2.76. The van der Waals surface area contributed by atoms with E-state index in [1.165, 1.54) is 21.3 Å². The monoisotopic (exact) mass is 392 g/mol. The van der Waals surface area contributed by atoms with E-state index >= 15 is 0 Å². The lowest BCUT2D eigenvalue weighted by Crippen LogP contribution is -2.15. The molecule has 28 heavy (non-hydrogen) atoms. The van der Waals surface area contributed by atoms with Crippen LogP contribution in [0.4, 0.5) is 0 Å². The number of hydrogen-bond donors (Lipinski definition) is 3. The normalized spacial score (nSPS) is 10.8. The Kier molecular flexibility index (Phi) is 7.71. The highest BCUT2D eigenvalue weighted by Gasteiger charge is 2.27. The van der Waals surface area contributed by atoms with Crippen molar-refractivity contribution in [2.24, 2.45) is 0 Å². The molecule has 0 amide bonds. The summed E-state index contributed by atoms with van der Waals surface area (Å²) in [6.07, 6.45) is 0.965. The van der Waals surface area contributed by atoms with E-state index in [9.17, 15) is 9.90 Å². The standard InChI is InChI=1S/C20H28N2O6/c1-6-9-21-10-14-16(13(11-25-2)17(22-14)20(23)24)12-7-8-15(26-3)19(28-5)18(12)27-4/h7-8,21-22H,6,9-11H2,1-5H3,(H,23,24). The van der Waals surface area contributed by atoms with Crippen LogP contribution in [0.3, 0.4) is 0 Å². The Labute approximate surface area is 164 Å². The molecule has 2 rings (SSSR count). The molecule has 0 saturated heterocycles. The van der Waals surface area contributed by atoms with Gasteiger partial charge < -0.3 is 34.4 Å². The van der Waals surface area contributed by atoms with Crippen molar-refractivity contribution < 1.29 is 28.8 Å². The largest absolute Gasteiger partial charge is 0.493 e. The lowest BCUT2D eigenvalue weighted by molar-refractivity contribution is 0.0686.